The zero-order chi connectivity index (χ0) is 11.4. The van der Waals surface area contributed by atoms with Crippen molar-refractivity contribution in [1.82, 2.24) is 0 Å². The first-order valence-electron chi connectivity index (χ1n) is 6.07. The van der Waals surface area contributed by atoms with Gasteiger partial charge in [-0.15, -0.1) is 12.3 Å². The number of fused-ring (bicyclic) bond motifs is 1. The summed E-state index contributed by atoms with van der Waals surface area (Å²) in [6.07, 6.45) is 10.5. The maximum absolute atomic E-state index is 6.23. The van der Waals surface area contributed by atoms with Crippen molar-refractivity contribution in [2.24, 2.45) is 11.7 Å². The van der Waals surface area contributed by atoms with Gasteiger partial charge in [-0.2, -0.15) is 0 Å². The molecule has 0 aliphatic heterocycles. The Morgan fingerprint density at radius 1 is 1.31 bits per heavy atom. The van der Waals surface area contributed by atoms with Gasteiger partial charge in [-0.3, -0.25) is 0 Å². The predicted octanol–water partition coefficient (Wildman–Crippen LogP) is 2.53. The summed E-state index contributed by atoms with van der Waals surface area (Å²) in [5.74, 6) is 3.30. The fourth-order valence-corrected chi connectivity index (χ4v) is 2.57. The van der Waals surface area contributed by atoms with Gasteiger partial charge < -0.3 is 5.73 Å². The molecular formula is C15H19N. The van der Waals surface area contributed by atoms with E-state index in [0.29, 0.717) is 12.0 Å². The molecule has 84 valence electrons. The van der Waals surface area contributed by atoms with E-state index in [-0.39, 0.29) is 0 Å². The lowest BCUT2D eigenvalue weighted by atomic mass is 9.93. The maximum atomic E-state index is 6.23. The van der Waals surface area contributed by atoms with Crippen molar-refractivity contribution >= 4 is 0 Å². The van der Waals surface area contributed by atoms with Crippen molar-refractivity contribution in [1.29, 1.82) is 0 Å². The van der Waals surface area contributed by atoms with Crippen molar-refractivity contribution in [3.8, 4) is 12.3 Å². The van der Waals surface area contributed by atoms with Gasteiger partial charge in [-0.25, -0.2) is 0 Å². The van der Waals surface area contributed by atoms with Crippen LogP contribution in [0.5, 0.6) is 0 Å². The standard InChI is InChI=1S/C15H19N/c1-2-3-4-9-15(16)14-10-12-7-5-6-8-13(12)11-14/h1,5-8,14-15H,3-4,9-11,16H2. The molecule has 16 heavy (non-hydrogen) atoms. The second kappa shape index (κ2) is 5.18. The van der Waals surface area contributed by atoms with Crippen molar-refractivity contribution in [2.75, 3.05) is 0 Å². The first kappa shape index (κ1) is 11.2. The Morgan fingerprint density at radius 3 is 2.50 bits per heavy atom. The maximum Gasteiger partial charge on any atom is 0.00866 e. The van der Waals surface area contributed by atoms with Crippen LogP contribution in [0.1, 0.15) is 30.4 Å². The lowest BCUT2D eigenvalue weighted by molar-refractivity contribution is 0.410. The SMILES string of the molecule is C#CCCCC(N)C1Cc2ccccc2C1. The molecule has 0 saturated heterocycles. The molecule has 1 atom stereocenters. The highest BCUT2D eigenvalue weighted by Crippen LogP contribution is 2.29. The van der Waals surface area contributed by atoms with Gasteiger partial charge >= 0.3 is 0 Å². The minimum atomic E-state index is 0.306. The molecule has 0 saturated carbocycles. The zero-order valence-corrected chi connectivity index (χ0v) is 9.65. The van der Waals surface area contributed by atoms with Crippen LogP contribution >= 0.6 is 0 Å². The molecule has 0 heterocycles. The Balaban J connectivity index is 1.88. The molecule has 1 aromatic carbocycles. The van der Waals surface area contributed by atoms with Crippen LogP contribution in [0.4, 0.5) is 0 Å². The smallest absolute Gasteiger partial charge is 0.00866 e. The summed E-state index contributed by atoms with van der Waals surface area (Å²) in [4.78, 5) is 0. The Labute approximate surface area is 98.0 Å². The van der Waals surface area contributed by atoms with Gasteiger partial charge in [0.05, 0.1) is 0 Å². The largest absolute Gasteiger partial charge is 0.327 e. The van der Waals surface area contributed by atoms with Crippen LogP contribution in [-0.2, 0) is 12.8 Å². The van der Waals surface area contributed by atoms with Crippen LogP contribution in [0.15, 0.2) is 24.3 Å². The van der Waals surface area contributed by atoms with Crippen LogP contribution in [0, 0.1) is 18.3 Å². The number of terminal acetylenes is 1. The van der Waals surface area contributed by atoms with E-state index in [0.717, 1.165) is 32.1 Å². The molecule has 0 aromatic heterocycles. The molecule has 0 radical (unpaired) electrons. The van der Waals surface area contributed by atoms with E-state index in [1.807, 2.05) is 0 Å². The van der Waals surface area contributed by atoms with E-state index < -0.39 is 0 Å². The Morgan fingerprint density at radius 2 is 1.94 bits per heavy atom. The Bertz CT molecular complexity index is 364. The highest BCUT2D eigenvalue weighted by molar-refractivity contribution is 5.32. The molecule has 1 aliphatic rings. The fraction of sp³-hybridized carbons (Fsp3) is 0.467. The van der Waals surface area contributed by atoms with Gasteiger partial charge in [0.25, 0.3) is 0 Å². The van der Waals surface area contributed by atoms with Gasteiger partial charge in [0.15, 0.2) is 0 Å². The fourth-order valence-electron chi connectivity index (χ4n) is 2.57. The first-order chi connectivity index (χ1) is 7.81. The minimum absolute atomic E-state index is 0.306. The van der Waals surface area contributed by atoms with Crippen LogP contribution in [-0.4, -0.2) is 6.04 Å². The highest BCUT2D eigenvalue weighted by atomic mass is 14.7. The van der Waals surface area contributed by atoms with Gasteiger partial charge in [0.1, 0.15) is 0 Å². The van der Waals surface area contributed by atoms with E-state index in [4.69, 9.17) is 12.2 Å². The zero-order valence-electron chi connectivity index (χ0n) is 9.65. The Hall–Kier alpha value is -1.26. The third kappa shape index (κ3) is 2.46. The lowest BCUT2D eigenvalue weighted by Crippen LogP contribution is -2.30. The van der Waals surface area contributed by atoms with Crippen molar-refractivity contribution in [3.05, 3.63) is 35.4 Å². The van der Waals surface area contributed by atoms with Crippen LogP contribution < -0.4 is 5.73 Å². The average molecular weight is 213 g/mol. The lowest BCUT2D eigenvalue weighted by Gasteiger charge is -2.18. The van der Waals surface area contributed by atoms with Crippen LogP contribution in [0.25, 0.3) is 0 Å². The molecule has 0 bridgehead atoms. The van der Waals surface area contributed by atoms with Gasteiger partial charge in [-0.05, 0) is 42.7 Å². The molecule has 1 aliphatic carbocycles. The summed E-state index contributed by atoms with van der Waals surface area (Å²) in [7, 11) is 0. The summed E-state index contributed by atoms with van der Waals surface area (Å²) in [5.41, 5.74) is 9.20. The van der Waals surface area contributed by atoms with Gasteiger partial charge in [-0.1, -0.05) is 24.3 Å². The molecule has 1 heteroatoms. The molecule has 0 spiro atoms. The van der Waals surface area contributed by atoms with Gasteiger partial charge in [0.2, 0.25) is 0 Å². The number of unbranched alkanes of at least 4 members (excludes halogenated alkanes) is 1. The number of hydrogen-bond acceptors (Lipinski definition) is 1. The first-order valence-corrected chi connectivity index (χ1v) is 6.07. The molecule has 2 N–H and O–H groups in total. The summed E-state index contributed by atoms with van der Waals surface area (Å²) < 4.78 is 0. The van der Waals surface area contributed by atoms with E-state index in [1.165, 1.54) is 11.1 Å². The molecule has 2 rings (SSSR count). The summed E-state index contributed by atoms with van der Waals surface area (Å²) in [6, 6.07) is 8.99. The number of hydrogen-bond donors (Lipinski definition) is 1. The number of nitrogens with two attached hydrogens (primary N) is 1. The molecule has 1 unspecified atom stereocenters. The monoisotopic (exact) mass is 213 g/mol. The normalized spacial score (nSPS) is 16.8. The molecule has 1 aromatic rings. The second-order valence-electron chi connectivity index (χ2n) is 4.70. The number of benzene rings is 1. The minimum Gasteiger partial charge on any atom is -0.327 e. The quantitative estimate of drug-likeness (QED) is 0.603. The molecule has 0 fully saturated rings. The summed E-state index contributed by atoms with van der Waals surface area (Å²) >= 11 is 0. The van der Waals surface area contributed by atoms with Crippen LogP contribution in [0.2, 0.25) is 0 Å². The second-order valence-corrected chi connectivity index (χ2v) is 4.70. The highest BCUT2D eigenvalue weighted by Gasteiger charge is 2.25. The van der Waals surface area contributed by atoms with E-state index in [9.17, 15) is 0 Å². The third-order valence-corrected chi connectivity index (χ3v) is 3.55. The number of rotatable bonds is 4. The van der Waals surface area contributed by atoms with Crippen LogP contribution in [0.3, 0.4) is 0 Å². The summed E-state index contributed by atoms with van der Waals surface area (Å²) in [6.45, 7) is 0. The van der Waals surface area contributed by atoms with Gasteiger partial charge in [0, 0.05) is 12.5 Å². The Kier molecular flexibility index (Phi) is 3.64. The predicted molar refractivity (Wildman–Crippen MR) is 68.0 cm³/mol. The van der Waals surface area contributed by atoms with E-state index in [2.05, 4.69) is 30.2 Å². The molecule has 1 nitrogen and oxygen atoms in total. The summed E-state index contributed by atoms with van der Waals surface area (Å²) in [5, 5.41) is 0. The van der Waals surface area contributed by atoms with Crippen molar-refractivity contribution in [3.63, 3.8) is 0 Å². The third-order valence-electron chi connectivity index (χ3n) is 3.55. The molecule has 0 amide bonds. The van der Waals surface area contributed by atoms with Crippen molar-refractivity contribution in [2.45, 2.75) is 38.1 Å². The van der Waals surface area contributed by atoms with E-state index in [1.54, 1.807) is 0 Å². The van der Waals surface area contributed by atoms with Crippen molar-refractivity contribution < 1.29 is 0 Å². The average Bonchev–Trinajstić information content (AvgIpc) is 2.73. The molecular weight excluding hydrogens is 194 g/mol. The topological polar surface area (TPSA) is 26.0 Å². The van der Waals surface area contributed by atoms with E-state index >= 15 is 0 Å².